The smallest absolute Gasteiger partial charge is 0.305 e. The van der Waals surface area contributed by atoms with E-state index in [1.54, 1.807) is 0 Å². The highest BCUT2D eigenvalue weighted by Crippen LogP contribution is 2.42. The van der Waals surface area contributed by atoms with Crippen molar-refractivity contribution in [3.8, 4) is 0 Å². The molecule has 0 aliphatic carbocycles. The maximum absolute atomic E-state index is 11.7. The number of ether oxygens (including phenoxy) is 1. The first-order valence-corrected chi connectivity index (χ1v) is 7.95. The van der Waals surface area contributed by atoms with Gasteiger partial charge in [0, 0.05) is 29.6 Å². The first-order valence-electron chi connectivity index (χ1n) is 7.95. The van der Waals surface area contributed by atoms with Gasteiger partial charge in [-0.2, -0.15) is 0 Å². The van der Waals surface area contributed by atoms with Crippen LogP contribution in [0.5, 0.6) is 0 Å². The van der Waals surface area contributed by atoms with Crippen LogP contribution >= 0.6 is 0 Å². The van der Waals surface area contributed by atoms with Crippen molar-refractivity contribution in [1.29, 1.82) is 0 Å². The Kier molecular flexibility index (Phi) is 4.21. The van der Waals surface area contributed by atoms with Crippen LogP contribution in [0.3, 0.4) is 0 Å². The molecule has 4 heteroatoms. The summed E-state index contributed by atoms with van der Waals surface area (Å²) in [5.41, 5.74) is 2.51. The average Bonchev–Trinajstić information content (AvgIpc) is 2.94. The number of carbonyl (C=O) groups is 1. The molecule has 22 heavy (non-hydrogen) atoms. The molecule has 1 aliphatic rings. The Labute approximate surface area is 131 Å². The van der Waals surface area contributed by atoms with Crippen molar-refractivity contribution >= 4 is 16.9 Å². The van der Waals surface area contributed by atoms with Crippen molar-refractivity contribution in [3.05, 3.63) is 36.0 Å². The monoisotopic (exact) mass is 300 g/mol. The summed E-state index contributed by atoms with van der Waals surface area (Å²) in [6.07, 6.45) is 3.69. The number of aromatic nitrogens is 1. The molecule has 1 saturated heterocycles. The second-order valence-electron chi connectivity index (χ2n) is 6.40. The molecule has 0 unspecified atom stereocenters. The molecule has 1 aliphatic heterocycles. The molecule has 1 fully saturated rings. The zero-order valence-corrected chi connectivity index (χ0v) is 13.5. The van der Waals surface area contributed by atoms with Gasteiger partial charge in [-0.25, -0.2) is 0 Å². The third kappa shape index (κ3) is 2.63. The van der Waals surface area contributed by atoms with Gasteiger partial charge in [0.1, 0.15) is 0 Å². The van der Waals surface area contributed by atoms with Crippen molar-refractivity contribution in [2.45, 2.75) is 25.8 Å². The predicted molar refractivity (Wildman–Crippen MR) is 87.6 cm³/mol. The first-order chi connectivity index (χ1) is 10.6. The summed E-state index contributed by atoms with van der Waals surface area (Å²) in [6, 6.07) is 8.75. The number of nitrogens with zero attached hydrogens (tertiary/aromatic N) is 1. The van der Waals surface area contributed by atoms with E-state index in [-0.39, 0.29) is 5.97 Å². The van der Waals surface area contributed by atoms with Crippen molar-refractivity contribution in [2.75, 3.05) is 20.7 Å². The lowest BCUT2D eigenvalue weighted by Crippen LogP contribution is -2.40. The predicted octanol–water partition coefficient (Wildman–Crippen LogP) is 3.36. The second kappa shape index (κ2) is 6.13. The van der Waals surface area contributed by atoms with Crippen LogP contribution in [0.2, 0.25) is 0 Å². The molecular weight excluding hydrogens is 276 g/mol. The maximum Gasteiger partial charge on any atom is 0.305 e. The number of rotatable bonds is 3. The molecule has 3 rings (SSSR count). The number of H-pyrrole nitrogens is 1. The van der Waals surface area contributed by atoms with Crippen LogP contribution in [0, 0.1) is 11.8 Å². The second-order valence-corrected chi connectivity index (χ2v) is 6.40. The molecule has 0 spiro atoms. The van der Waals surface area contributed by atoms with Crippen LogP contribution in [0.25, 0.3) is 10.9 Å². The number of likely N-dealkylation sites (tertiary alicyclic amines) is 1. The molecule has 0 saturated carbocycles. The number of methoxy groups -OCH3 is 1. The largest absolute Gasteiger partial charge is 0.469 e. The average molecular weight is 300 g/mol. The Bertz CT molecular complexity index is 664. The van der Waals surface area contributed by atoms with Crippen molar-refractivity contribution in [1.82, 2.24) is 9.88 Å². The fourth-order valence-corrected chi connectivity index (χ4v) is 3.88. The summed E-state index contributed by atoms with van der Waals surface area (Å²) in [5, 5.41) is 1.28. The number of piperidine rings is 1. The Hall–Kier alpha value is -1.81. The Morgan fingerprint density at radius 1 is 1.41 bits per heavy atom. The molecule has 2 heterocycles. The minimum atomic E-state index is -0.0981. The molecule has 1 aromatic carbocycles. The normalized spacial score (nSPS) is 26.2. The highest BCUT2D eigenvalue weighted by molar-refractivity contribution is 5.83. The molecule has 0 bridgehead atoms. The summed E-state index contributed by atoms with van der Waals surface area (Å²) in [4.78, 5) is 17.5. The zero-order chi connectivity index (χ0) is 15.7. The lowest BCUT2D eigenvalue weighted by atomic mass is 9.76. The number of nitrogens with one attached hydrogen (secondary N) is 1. The van der Waals surface area contributed by atoms with Gasteiger partial charge < -0.3 is 9.72 Å². The number of aromatic amines is 1. The number of benzene rings is 1. The number of esters is 1. The van der Waals surface area contributed by atoms with Gasteiger partial charge in [0.15, 0.2) is 0 Å². The van der Waals surface area contributed by atoms with Gasteiger partial charge in [-0.15, -0.1) is 0 Å². The van der Waals surface area contributed by atoms with E-state index in [4.69, 9.17) is 4.74 Å². The van der Waals surface area contributed by atoms with Gasteiger partial charge >= 0.3 is 5.97 Å². The molecule has 118 valence electrons. The minimum absolute atomic E-state index is 0.0981. The molecule has 0 radical (unpaired) electrons. The molecule has 4 nitrogen and oxygen atoms in total. The number of hydrogen-bond donors (Lipinski definition) is 1. The van der Waals surface area contributed by atoms with Gasteiger partial charge in [-0.3, -0.25) is 9.69 Å². The summed E-state index contributed by atoms with van der Waals surface area (Å²) < 4.78 is 4.87. The molecule has 1 aromatic heterocycles. The fraction of sp³-hybridized carbons (Fsp3) is 0.500. The van der Waals surface area contributed by atoms with Crippen LogP contribution in [0.15, 0.2) is 30.5 Å². The van der Waals surface area contributed by atoms with E-state index in [1.165, 1.54) is 23.6 Å². The van der Waals surface area contributed by atoms with Crippen LogP contribution in [0.1, 0.15) is 31.4 Å². The van der Waals surface area contributed by atoms with Crippen molar-refractivity contribution in [2.24, 2.45) is 11.8 Å². The number of hydrogen-bond acceptors (Lipinski definition) is 3. The molecular formula is C18H24N2O2. The molecule has 1 N–H and O–H groups in total. The SMILES string of the molecule is COC(=O)C[C@@H]1CCN(C)[C@H](c2c[nH]c3ccccc23)[C@H]1C. The Balaban J connectivity index is 1.91. The summed E-state index contributed by atoms with van der Waals surface area (Å²) in [5.74, 6) is 0.693. The summed E-state index contributed by atoms with van der Waals surface area (Å²) in [6.45, 7) is 3.27. The van der Waals surface area contributed by atoms with E-state index in [2.05, 4.69) is 54.3 Å². The van der Waals surface area contributed by atoms with E-state index in [0.717, 1.165) is 13.0 Å². The van der Waals surface area contributed by atoms with Gasteiger partial charge in [-0.05, 0) is 43.5 Å². The number of para-hydroxylation sites is 1. The number of fused-ring (bicyclic) bond motifs is 1. The quantitative estimate of drug-likeness (QED) is 0.884. The molecule has 0 amide bonds. The van der Waals surface area contributed by atoms with Gasteiger partial charge in [0.25, 0.3) is 0 Å². The molecule has 2 aromatic rings. The lowest BCUT2D eigenvalue weighted by molar-refractivity contribution is -0.143. The maximum atomic E-state index is 11.7. The highest BCUT2D eigenvalue weighted by atomic mass is 16.5. The Morgan fingerprint density at radius 2 is 2.18 bits per heavy atom. The summed E-state index contributed by atoms with van der Waals surface area (Å²) >= 11 is 0. The summed E-state index contributed by atoms with van der Waals surface area (Å²) in [7, 11) is 3.65. The van der Waals surface area contributed by atoms with Crippen LogP contribution in [-0.2, 0) is 9.53 Å². The standard InChI is InChI=1S/C18H24N2O2/c1-12-13(10-17(21)22-3)8-9-20(2)18(12)15-11-19-16-7-5-4-6-14(15)16/h4-7,11-13,18-19H,8-10H2,1-3H3/t12-,13-,18-/m0/s1. The lowest BCUT2D eigenvalue weighted by Gasteiger charge is -2.42. The fourth-order valence-electron chi connectivity index (χ4n) is 3.88. The minimum Gasteiger partial charge on any atom is -0.469 e. The third-order valence-electron chi connectivity index (χ3n) is 5.17. The number of carbonyl (C=O) groups excluding carboxylic acids is 1. The topological polar surface area (TPSA) is 45.3 Å². The van der Waals surface area contributed by atoms with E-state index < -0.39 is 0 Å². The van der Waals surface area contributed by atoms with Crippen molar-refractivity contribution in [3.63, 3.8) is 0 Å². The Morgan fingerprint density at radius 3 is 2.95 bits per heavy atom. The van der Waals surface area contributed by atoms with Gasteiger partial charge in [0.2, 0.25) is 0 Å². The molecule has 3 atom stereocenters. The highest BCUT2D eigenvalue weighted by Gasteiger charge is 2.36. The van der Waals surface area contributed by atoms with E-state index in [1.807, 2.05) is 0 Å². The van der Waals surface area contributed by atoms with Crippen LogP contribution in [0.4, 0.5) is 0 Å². The first kappa shape index (κ1) is 15.1. The zero-order valence-electron chi connectivity index (χ0n) is 13.5. The van der Waals surface area contributed by atoms with Crippen LogP contribution in [-0.4, -0.2) is 36.6 Å². The van der Waals surface area contributed by atoms with Crippen molar-refractivity contribution < 1.29 is 9.53 Å². The van der Waals surface area contributed by atoms with E-state index >= 15 is 0 Å². The third-order valence-corrected chi connectivity index (χ3v) is 5.17. The van der Waals surface area contributed by atoms with E-state index in [9.17, 15) is 4.79 Å². The van der Waals surface area contributed by atoms with Crippen LogP contribution < -0.4 is 0 Å². The van der Waals surface area contributed by atoms with Gasteiger partial charge in [-0.1, -0.05) is 25.1 Å². The van der Waals surface area contributed by atoms with E-state index in [0.29, 0.717) is 24.3 Å². The van der Waals surface area contributed by atoms with Gasteiger partial charge in [0.05, 0.1) is 7.11 Å².